The number of rotatable bonds is 5. The molecule has 0 saturated heterocycles. The van der Waals surface area contributed by atoms with Crippen molar-refractivity contribution in [2.75, 3.05) is 14.2 Å². The lowest BCUT2D eigenvalue weighted by Gasteiger charge is -2.13. The van der Waals surface area contributed by atoms with Crippen molar-refractivity contribution in [3.05, 3.63) is 59.2 Å². The summed E-state index contributed by atoms with van der Waals surface area (Å²) in [6.07, 6.45) is 0.726. The highest BCUT2D eigenvalue weighted by molar-refractivity contribution is 5.43. The minimum atomic E-state index is 0.0166. The first-order valence-corrected chi connectivity index (χ1v) is 6.17. The molecule has 0 saturated carbocycles. The fraction of sp³-hybridized carbons (Fsp3) is 0.250. The summed E-state index contributed by atoms with van der Waals surface area (Å²) in [5.41, 5.74) is 3.08. The lowest BCUT2D eigenvalue weighted by Crippen LogP contribution is -1.99. The van der Waals surface area contributed by atoms with Crippen LogP contribution in [0.15, 0.2) is 42.5 Å². The highest BCUT2D eigenvalue weighted by atomic mass is 16.5. The van der Waals surface area contributed by atoms with E-state index in [-0.39, 0.29) is 6.61 Å². The highest BCUT2D eigenvalue weighted by Gasteiger charge is 2.09. The normalized spacial score (nSPS) is 10.3. The molecule has 0 unspecified atom stereocenters. The predicted octanol–water partition coefficient (Wildman–Crippen LogP) is 2.79. The Hall–Kier alpha value is -2.00. The van der Waals surface area contributed by atoms with Crippen molar-refractivity contribution in [2.45, 2.75) is 13.0 Å². The molecule has 0 fully saturated rings. The van der Waals surface area contributed by atoms with Gasteiger partial charge in [0.25, 0.3) is 0 Å². The SMILES string of the molecule is COc1ccc(Cc2c(CO)cccc2OC)cc1. The maximum absolute atomic E-state index is 9.42. The van der Waals surface area contributed by atoms with Gasteiger partial charge < -0.3 is 14.6 Å². The van der Waals surface area contributed by atoms with Gasteiger partial charge in [-0.1, -0.05) is 24.3 Å². The monoisotopic (exact) mass is 258 g/mol. The van der Waals surface area contributed by atoms with Crippen LogP contribution in [0.4, 0.5) is 0 Å². The molecule has 0 atom stereocenters. The Labute approximate surface area is 113 Å². The molecule has 2 aromatic carbocycles. The minimum absolute atomic E-state index is 0.0166. The first-order valence-electron chi connectivity index (χ1n) is 6.17. The average Bonchev–Trinajstić information content (AvgIpc) is 2.48. The van der Waals surface area contributed by atoms with Gasteiger partial charge in [-0.15, -0.1) is 0 Å². The quantitative estimate of drug-likeness (QED) is 0.896. The van der Waals surface area contributed by atoms with Gasteiger partial charge in [-0.2, -0.15) is 0 Å². The van der Waals surface area contributed by atoms with E-state index in [2.05, 4.69) is 0 Å². The van der Waals surface area contributed by atoms with Crippen LogP contribution in [-0.4, -0.2) is 19.3 Å². The van der Waals surface area contributed by atoms with Gasteiger partial charge in [0.15, 0.2) is 0 Å². The van der Waals surface area contributed by atoms with Crippen molar-refractivity contribution in [1.29, 1.82) is 0 Å². The van der Waals surface area contributed by atoms with Crippen molar-refractivity contribution in [3.8, 4) is 11.5 Å². The van der Waals surface area contributed by atoms with Crippen molar-refractivity contribution in [3.63, 3.8) is 0 Å². The molecule has 0 spiro atoms. The van der Waals surface area contributed by atoms with Crippen molar-refractivity contribution in [1.82, 2.24) is 0 Å². The molecule has 2 aromatic rings. The number of benzene rings is 2. The third-order valence-electron chi connectivity index (χ3n) is 3.16. The summed E-state index contributed by atoms with van der Waals surface area (Å²) in [5.74, 6) is 1.65. The Balaban J connectivity index is 2.30. The van der Waals surface area contributed by atoms with Gasteiger partial charge in [0, 0.05) is 12.0 Å². The summed E-state index contributed by atoms with van der Waals surface area (Å²) >= 11 is 0. The lowest BCUT2D eigenvalue weighted by atomic mass is 9.99. The van der Waals surface area contributed by atoms with E-state index in [1.165, 1.54) is 0 Å². The van der Waals surface area contributed by atoms with Crippen molar-refractivity contribution >= 4 is 0 Å². The van der Waals surface area contributed by atoms with Crippen LogP contribution in [0.3, 0.4) is 0 Å². The van der Waals surface area contributed by atoms with Crippen molar-refractivity contribution in [2.24, 2.45) is 0 Å². The summed E-state index contributed by atoms with van der Waals surface area (Å²) in [5, 5.41) is 9.42. The zero-order valence-electron chi connectivity index (χ0n) is 11.2. The second-order valence-corrected chi connectivity index (χ2v) is 4.28. The standard InChI is InChI=1S/C16H18O3/c1-18-14-8-6-12(7-9-14)10-15-13(11-17)4-3-5-16(15)19-2/h3-9,17H,10-11H2,1-2H3. The van der Waals surface area contributed by atoms with Crippen LogP contribution in [-0.2, 0) is 13.0 Å². The molecule has 0 aromatic heterocycles. The maximum Gasteiger partial charge on any atom is 0.122 e. The Morgan fingerprint density at radius 2 is 1.68 bits per heavy atom. The number of ether oxygens (including phenoxy) is 2. The molecule has 0 amide bonds. The molecule has 3 nitrogen and oxygen atoms in total. The van der Waals surface area contributed by atoms with Crippen LogP contribution in [0.2, 0.25) is 0 Å². The minimum Gasteiger partial charge on any atom is -0.497 e. The van der Waals surface area contributed by atoms with E-state index in [9.17, 15) is 5.11 Å². The maximum atomic E-state index is 9.42. The molecule has 0 heterocycles. The third kappa shape index (κ3) is 3.06. The fourth-order valence-electron chi connectivity index (χ4n) is 2.10. The largest absolute Gasteiger partial charge is 0.497 e. The molecule has 0 aliphatic heterocycles. The highest BCUT2D eigenvalue weighted by Crippen LogP contribution is 2.26. The molecule has 3 heteroatoms. The van der Waals surface area contributed by atoms with Crippen LogP contribution >= 0.6 is 0 Å². The Morgan fingerprint density at radius 3 is 2.26 bits per heavy atom. The molecular weight excluding hydrogens is 240 g/mol. The lowest BCUT2D eigenvalue weighted by molar-refractivity contribution is 0.279. The number of methoxy groups -OCH3 is 2. The van der Waals surface area contributed by atoms with Crippen LogP contribution in [0.1, 0.15) is 16.7 Å². The Morgan fingerprint density at radius 1 is 0.947 bits per heavy atom. The number of aliphatic hydroxyl groups is 1. The third-order valence-corrected chi connectivity index (χ3v) is 3.16. The van der Waals surface area contributed by atoms with E-state index < -0.39 is 0 Å². The van der Waals surface area contributed by atoms with Crippen LogP contribution < -0.4 is 9.47 Å². The molecule has 2 rings (SSSR count). The van der Waals surface area contributed by atoms with Gasteiger partial charge >= 0.3 is 0 Å². The summed E-state index contributed by atoms with van der Waals surface area (Å²) in [7, 11) is 3.30. The molecule has 1 N–H and O–H groups in total. The molecule has 19 heavy (non-hydrogen) atoms. The van der Waals surface area contributed by atoms with E-state index in [1.807, 2.05) is 42.5 Å². The van der Waals surface area contributed by atoms with Gasteiger partial charge in [0.05, 0.1) is 20.8 Å². The van der Waals surface area contributed by atoms with Crippen molar-refractivity contribution < 1.29 is 14.6 Å². The van der Waals surface area contributed by atoms with E-state index in [4.69, 9.17) is 9.47 Å². The summed E-state index contributed by atoms with van der Waals surface area (Å²) in [6, 6.07) is 13.6. The first-order chi connectivity index (χ1) is 9.28. The molecule has 0 bridgehead atoms. The molecule has 0 aliphatic rings. The Bertz CT molecular complexity index is 510. The zero-order chi connectivity index (χ0) is 13.7. The van der Waals surface area contributed by atoms with Gasteiger partial charge in [-0.25, -0.2) is 0 Å². The van der Waals surface area contributed by atoms with E-state index in [1.54, 1.807) is 14.2 Å². The Kier molecular flexibility index (Phi) is 4.42. The summed E-state index contributed by atoms with van der Waals surface area (Å²) < 4.78 is 10.5. The van der Waals surface area contributed by atoms with E-state index in [0.717, 1.165) is 34.6 Å². The topological polar surface area (TPSA) is 38.7 Å². The van der Waals surface area contributed by atoms with Gasteiger partial charge in [0.2, 0.25) is 0 Å². The van der Waals surface area contributed by atoms with Gasteiger partial charge in [0.1, 0.15) is 11.5 Å². The molecule has 100 valence electrons. The fourth-order valence-corrected chi connectivity index (χ4v) is 2.10. The van der Waals surface area contributed by atoms with Gasteiger partial charge in [-0.05, 0) is 29.3 Å². The number of hydrogen-bond acceptors (Lipinski definition) is 3. The number of aliphatic hydroxyl groups excluding tert-OH is 1. The van der Waals surface area contributed by atoms with Crippen LogP contribution in [0.5, 0.6) is 11.5 Å². The van der Waals surface area contributed by atoms with E-state index in [0.29, 0.717) is 0 Å². The summed E-state index contributed by atoms with van der Waals surface area (Å²) in [4.78, 5) is 0. The predicted molar refractivity (Wildman–Crippen MR) is 74.7 cm³/mol. The van der Waals surface area contributed by atoms with Gasteiger partial charge in [-0.3, -0.25) is 0 Å². The first kappa shape index (κ1) is 13.4. The van der Waals surface area contributed by atoms with Crippen LogP contribution in [0.25, 0.3) is 0 Å². The van der Waals surface area contributed by atoms with Crippen LogP contribution in [0, 0.1) is 0 Å². The smallest absolute Gasteiger partial charge is 0.122 e. The number of hydrogen-bond donors (Lipinski definition) is 1. The average molecular weight is 258 g/mol. The summed E-state index contributed by atoms with van der Waals surface area (Å²) in [6.45, 7) is 0.0166. The van der Waals surface area contributed by atoms with E-state index >= 15 is 0 Å². The molecule has 0 aliphatic carbocycles. The second-order valence-electron chi connectivity index (χ2n) is 4.28. The molecular formula is C16H18O3. The zero-order valence-corrected chi connectivity index (χ0v) is 11.2. The molecule has 0 radical (unpaired) electrons. The second kappa shape index (κ2) is 6.25.